The average molecular weight is 262 g/mol. The number of halogens is 1. The summed E-state index contributed by atoms with van der Waals surface area (Å²) in [7, 11) is 0. The summed E-state index contributed by atoms with van der Waals surface area (Å²) >= 11 is 6.00. The van der Waals surface area contributed by atoms with E-state index < -0.39 is 5.60 Å². The fraction of sp³-hybridized carbons (Fsp3) is 0.200. The van der Waals surface area contributed by atoms with Gasteiger partial charge in [0, 0.05) is 16.3 Å². The normalized spacial score (nSPS) is 14.2. The Balaban J connectivity index is 2.60. The molecular formula is C15H16ClNO. The van der Waals surface area contributed by atoms with Crippen molar-refractivity contribution in [3.63, 3.8) is 0 Å². The minimum absolute atomic E-state index is 0.529. The Kier molecular flexibility index (Phi) is 3.60. The molecule has 3 N–H and O–H groups in total. The van der Waals surface area contributed by atoms with E-state index in [1.165, 1.54) is 0 Å². The smallest absolute Gasteiger partial charge is 0.116 e. The minimum atomic E-state index is -1.10. The van der Waals surface area contributed by atoms with Gasteiger partial charge in [0.1, 0.15) is 5.60 Å². The van der Waals surface area contributed by atoms with Crippen molar-refractivity contribution >= 4 is 17.3 Å². The molecule has 0 amide bonds. The van der Waals surface area contributed by atoms with E-state index >= 15 is 0 Å². The fourth-order valence-corrected chi connectivity index (χ4v) is 2.32. The van der Waals surface area contributed by atoms with Crippen LogP contribution in [0.25, 0.3) is 0 Å². The molecule has 0 saturated carbocycles. The molecule has 0 saturated heterocycles. The summed E-state index contributed by atoms with van der Waals surface area (Å²) in [5.74, 6) is 0. The van der Waals surface area contributed by atoms with Crippen molar-refractivity contribution in [2.75, 3.05) is 5.73 Å². The van der Waals surface area contributed by atoms with E-state index in [1.807, 2.05) is 37.3 Å². The molecule has 0 heterocycles. The Morgan fingerprint density at radius 1 is 1.17 bits per heavy atom. The van der Waals surface area contributed by atoms with Crippen LogP contribution in [0.3, 0.4) is 0 Å². The highest BCUT2D eigenvalue weighted by atomic mass is 35.5. The van der Waals surface area contributed by atoms with Gasteiger partial charge in [-0.25, -0.2) is 0 Å². The summed E-state index contributed by atoms with van der Waals surface area (Å²) < 4.78 is 0. The Hall–Kier alpha value is -1.51. The summed E-state index contributed by atoms with van der Waals surface area (Å²) in [5, 5.41) is 11.5. The van der Waals surface area contributed by atoms with Crippen molar-refractivity contribution in [2.24, 2.45) is 0 Å². The van der Waals surface area contributed by atoms with E-state index in [9.17, 15) is 5.11 Å². The Bertz CT molecular complexity index is 541. The Labute approximate surface area is 112 Å². The second-order valence-corrected chi connectivity index (χ2v) is 4.75. The van der Waals surface area contributed by atoms with Gasteiger partial charge in [0.25, 0.3) is 0 Å². The van der Waals surface area contributed by atoms with Gasteiger partial charge in [0.05, 0.1) is 0 Å². The van der Waals surface area contributed by atoms with E-state index in [0.717, 1.165) is 5.56 Å². The first-order valence-corrected chi connectivity index (χ1v) is 6.29. The van der Waals surface area contributed by atoms with Crippen molar-refractivity contribution in [1.29, 1.82) is 0 Å². The Morgan fingerprint density at radius 2 is 1.83 bits per heavy atom. The molecule has 2 rings (SSSR count). The lowest BCUT2D eigenvalue weighted by atomic mass is 9.83. The van der Waals surface area contributed by atoms with Gasteiger partial charge in [-0.3, -0.25) is 0 Å². The first kappa shape index (κ1) is 12.9. The molecule has 0 aromatic heterocycles. The molecule has 2 aromatic rings. The van der Waals surface area contributed by atoms with Crippen molar-refractivity contribution < 1.29 is 5.11 Å². The second-order valence-electron chi connectivity index (χ2n) is 4.31. The molecule has 94 valence electrons. The monoisotopic (exact) mass is 261 g/mol. The maximum absolute atomic E-state index is 10.9. The van der Waals surface area contributed by atoms with Crippen molar-refractivity contribution in [2.45, 2.75) is 18.9 Å². The van der Waals surface area contributed by atoms with E-state index in [2.05, 4.69) is 0 Å². The van der Waals surface area contributed by atoms with Crippen LogP contribution in [-0.4, -0.2) is 5.11 Å². The highest BCUT2D eigenvalue weighted by molar-refractivity contribution is 6.30. The lowest BCUT2D eigenvalue weighted by molar-refractivity contribution is 0.0773. The zero-order valence-corrected chi connectivity index (χ0v) is 11.0. The van der Waals surface area contributed by atoms with Crippen LogP contribution in [0, 0.1) is 0 Å². The third-order valence-electron chi connectivity index (χ3n) is 3.22. The first-order chi connectivity index (χ1) is 8.58. The molecule has 0 aliphatic carbocycles. The van der Waals surface area contributed by atoms with Crippen LogP contribution in [-0.2, 0) is 5.60 Å². The summed E-state index contributed by atoms with van der Waals surface area (Å²) in [5.41, 5.74) is 6.89. The van der Waals surface area contributed by atoms with Gasteiger partial charge in [-0.05, 0) is 30.2 Å². The molecule has 18 heavy (non-hydrogen) atoms. The van der Waals surface area contributed by atoms with Crippen LogP contribution in [0.5, 0.6) is 0 Å². The predicted octanol–water partition coefficient (Wildman–Crippen LogP) is 3.57. The van der Waals surface area contributed by atoms with Crippen LogP contribution in [0.1, 0.15) is 24.5 Å². The highest BCUT2D eigenvalue weighted by Gasteiger charge is 2.31. The van der Waals surface area contributed by atoms with Gasteiger partial charge in [-0.15, -0.1) is 0 Å². The number of nitrogens with two attached hydrogens (primary N) is 1. The molecule has 0 unspecified atom stereocenters. The van der Waals surface area contributed by atoms with Crippen molar-refractivity contribution in [1.82, 2.24) is 0 Å². The van der Waals surface area contributed by atoms with Gasteiger partial charge < -0.3 is 10.8 Å². The summed E-state index contributed by atoms with van der Waals surface area (Å²) in [4.78, 5) is 0. The third kappa shape index (κ3) is 2.22. The topological polar surface area (TPSA) is 46.2 Å². The van der Waals surface area contributed by atoms with Gasteiger partial charge in [-0.1, -0.05) is 48.9 Å². The van der Waals surface area contributed by atoms with Crippen LogP contribution < -0.4 is 5.73 Å². The Morgan fingerprint density at radius 3 is 2.44 bits per heavy atom. The highest BCUT2D eigenvalue weighted by Crippen LogP contribution is 2.37. The van der Waals surface area contributed by atoms with Crippen molar-refractivity contribution in [3.05, 3.63) is 64.7 Å². The number of anilines is 1. The minimum Gasteiger partial charge on any atom is -0.398 e. The van der Waals surface area contributed by atoms with E-state index in [-0.39, 0.29) is 0 Å². The van der Waals surface area contributed by atoms with Crippen LogP contribution in [0.15, 0.2) is 48.5 Å². The number of rotatable bonds is 3. The number of aliphatic hydroxyl groups is 1. The standard InChI is InChI=1S/C15H16ClNO/c1-2-15(18,11-6-4-3-5-7-11)13-10-12(16)8-9-14(13)17/h3-10,18H,2,17H2,1H3/t15-/m0/s1. The number of hydrogen-bond acceptors (Lipinski definition) is 2. The average Bonchev–Trinajstić information content (AvgIpc) is 2.41. The lowest BCUT2D eigenvalue weighted by Crippen LogP contribution is -2.27. The SMILES string of the molecule is CC[C@](O)(c1ccccc1)c1cc(Cl)ccc1N. The van der Waals surface area contributed by atoms with Crippen LogP contribution >= 0.6 is 11.6 Å². The predicted molar refractivity (Wildman–Crippen MR) is 75.6 cm³/mol. The molecule has 0 aliphatic heterocycles. The van der Waals surface area contributed by atoms with Gasteiger partial charge >= 0.3 is 0 Å². The first-order valence-electron chi connectivity index (χ1n) is 5.91. The molecule has 2 aromatic carbocycles. The van der Waals surface area contributed by atoms with Gasteiger partial charge in [0.15, 0.2) is 0 Å². The molecule has 1 atom stereocenters. The molecule has 0 spiro atoms. The number of benzene rings is 2. The molecular weight excluding hydrogens is 246 g/mol. The third-order valence-corrected chi connectivity index (χ3v) is 3.46. The number of hydrogen-bond donors (Lipinski definition) is 2. The van der Waals surface area contributed by atoms with Crippen molar-refractivity contribution in [3.8, 4) is 0 Å². The lowest BCUT2D eigenvalue weighted by Gasteiger charge is -2.29. The maximum Gasteiger partial charge on any atom is 0.116 e. The van der Waals surface area contributed by atoms with E-state index in [1.54, 1.807) is 18.2 Å². The van der Waals surface area contributed by atoms with Gasteiger partial charge in [0.2, 0.25) is 0 Å². The quantitative estimate of drug-likeness (QED) is 0.830. The van der Waals surface area contributed by atoms with Crippen LogP contribution in [0.4, 0.5) is 5.69 Å². The molecule has 0 aliphatic rings. The summed E-state index contributed by atoms with van der Waals surface area (Å²) in [6, 6.07) is 14.7. The molecule has 0 bridgehead atoms. The fourth-order valence-electron chi connectivity index (χ4n) is 2.15. The molecule has 0 fully saturated rings. The van der Waals surface area contributed by atoms with E-state index in [0.29, 0.717) is 22.7 Å². The van der Waals surface area contributed by atoms with E-state index in [4.69, 9.17) is 17.3 Å². The molecule has 0 radical (unpaired) electrons. The van der Waals surface area contributed by atoms with Gasteiger partial charge in [-0.2, -0.15) is 0 Å². The summed E-state index contributed by atoms with van der Waals surface area (Å²) in [6.45, 7) is 1.92. The zero-order valence-electron chi connectivity index (χ0n) is 10.2. The molecule has 3 heteroatoms. The molecule has 2 nitrogen and oxygen atoms in total. The largest absolute Gasteiger partial charge is 0.398 e. The summed E-state index contributed by atoms with van der Waals surface area (Å²) in [6.07, 6.45) is 0.529. The zero-order chi connectivity index (χ0) is 13.2. The number of nitrogen functional groups attached to an aromatic ring is 1. The maximum atomic E-state index is 10.9. The second kappa shape index (κ2) is 5.01. The van der Waals surface area contributed by atoms with Crippen LogP contribution in [0.2, 0.25) is 5.02 Å².